The number of nitrogens with zero attached hydrogens (tertiary/aromatic N) is 2. The highest BCUT2D eigenvalue weighted by atomic mass is 32.2. The molecule has 0 radical (unpaired) electrons. The van der Waals surface area contributed by atoms with Gasteiger partial charge in [0, 0.05) is 35.2 Å². The van der Waals surface area contributed by atoms with Gasteiger partial charge in [0.25, 0.3) is 0 Å². The number of fused-ring (bicyclic) bond motifs is 1. The fraction of sp³-hybridized carbons (Fsp3) is 0.259. The van der Waals surface area contributed by atoms with E-state index in [9.17, 15) is 8.42 Å². The third kappa shape index (κ3) is 5.04. The van der Waals surface area contributed by atoms with Gasteiger partial charge in [0.1, 0.15) is 11.4 Å². The fourth-order valence-corrected chi connectivity index (χ4v) is 5.68. The van der Waals surface area contributed by atoms with Crippen molar-refractivity contribution in [2.24, 2.45) is 0 Å². The number of sulfonamides is 1. The first-order chi connectivity index (χ1) is 17.4. The Morgan fingerprint density at radius 2 is 1.81 bits per heavy atom. The largest absolute Gasteiger partial charge is 0.497 e. The smallest absolute Gasteiger partial charge is 0.240 e. The van der Waals surface area contributed by atoms with Gasteiger partial charge in [-0.3, -0.25) is 0 Å². The average Bonchev–Trinajstić information content (AvgIpc) is 3.43. The van der Waals surface area contributed by atoms with E-state index in [1.165, 1.54) is 0 Å². The van der Waals surface area contributed by atoms with Crippen LogP contribution in [0.25, 0.3) is 22.0 Å². The molecule has 0 amide bonds. The predicted molar refractivity (Wildman–Crippen MR) is 140 cm³/mol. The molecule has 0 spiro atoms. The normalized spacial score (nSPS) is 15.8. The first-order valence-corrected chi connectivity index (χ1v) is 13.3. The molecule has 1 atom stereocenters. The predicted octanol–water partition coefficient (Wildman–Crippen LogP) is 4.81. The van der Waals surface area contributed by atoms with Crippen LogP contribution in [-0.4, -0.2) is 45.0 Å². The monoisotopic (exact) mass is 504 g/mol. The number of benzene rings is 3. The van der Waals surface area contributed by atoms with Crippen molar-refractivity contribution in [3.8, 4) is 17.0 Å². The summed E-state index contributed by atoms with van der Waals surface area (Å²) in [6, 6.07) is 20.7. The molecule has 1 saturated heterocycles. The van der Waals surface area contributed by atoms with E-state index in [1.54, 1.807) is 26.2 Å². The van der Waals surface area contributed by atoms with Crippen molar-refractivity contribution in [2.45, 2.75) is 30.8 Å². The number of ether oxygens (including phenoxy) is 2. The van der Waals surface area contributed by atoms with Crippen molar-refractivity contribution in [3.63, 3.8) is 0 Å². The van der Waals surface area contributed by atoms with Gasteiger partial charge in [-0.2, -0.15) is 0 Å². The molecule has 9 heteroatoms. The van der Waals surface area contributed by atoms with Crippen LogP contribution in [0.4, 0.5) is 11.5 Å². The first-order valence-electron chi connectivity index (χ1n) is 11.8. The highest BCUT2D eigenvalue weighted by Crippen LogP contribution is 2.33. The third-order valence-corrected chi connectivity index (χ3v) is 7.88. The second-order valence-electron chi connectivity index (χ2n) is 8.76. The summed E-state index contributed by atoms with van der Waals surface area (Å²) >= 11 is 0. The average molecular weight is 505 g/mol. The van der Waals surface area contributed by atoms with Gasteiger partial charge in [0.15, 0.2) is 5.82 Å². The molecule has 186 valence electrons. The maximum atomic E-state index is 13.1. The van der Waals surface area contributed by atoms with E-state index in [-0.39, 0.29) is 17.5 Å². The summed E-state index contributed by atoms with van der Waals surface area (Å²) in [6.07, 6.45) is 1.74. The number of hydrogen-bond donors (Lipinski definition) is 2. The van der Waals surface area contributed by atoms with Crippen molar-refractivity contribution in [1.29, 1.82) is 0 Å². The minimum absolute atomic E-state index is 0.0798. The molecule has 2 heterocycles. The molecule has 1 aliphatic heterocycles. The van der Waals surface area contributed by atoms with Crippen LogP contribution in [0.15, 0.2) is 71.6 Å². The second kappa shape index (κ2) is 10.2. The van der Waals surface area contributed by atoms with Gasteiger partial charge in [-0.1, -0.05) is 36.4 Å². The number of methoxy groups -OCH3 is 1. The molecule has 0 saturated carbocycles. The molecule has 8 nitrogen and oxygen atoms in total. The third-order valence-electron chi connectivity index (χ3n) is 6.32. The summed E-state index contributed by atoms with van der Waals surface area (Å²) in [5.74, 6) is 1.37. The lowest BCUT2D eigenvalue weighted by Gasteiger charge is -2.15. The number of rotatable bonds is 8. The lowest BCUT2D eigenvalue weighted by Crippen LogP contribution is -2.32. The van der Waals surface area contributed by atoms with Crippen LogP contribution in [0, 0.1) is 6.92 Å². The Labute approximate surface area is 210 Å². The Hall–Kier alpha value is -3.53. The van der Waals surface area contributed by atoms with Crippen LogP contribution in [0.5, 0.6) is 5.75 Å². The quantitative estimate of drug-likeness (QED) is 0.355. The van der Waals surface area contributed by atoms with E-state index in [0.29, 0.717) is 29.2 Å². The Kier molecular flexibility index (Phi) is 6.86. The van der Waals surface area contributed by atoms with Crippen LogP contribution in [-0.2, 0) is 14.8 Å². The molecule has 36 heavy (non-hydrogen) atoms. The zero-order chi connectivity index (χ0) is 25.1. The van der Waals surface area contributed by atoms with Crippen LogP contribution in [0.3, 0.4) is 0 Å². The summed E-state index contributed by atoms with van der Waals surface area (Å²) in [7, 11) is -2.09. The van der Waals surface area contributed by atoms with Crippen LogP contribution in [0.1, 0.15) is 18.4 Å². The first kappa shape index (κ1) is 24.2. The Morgan fingerprint density at radius 1 is 1.03 bits per heavy atom. The van der Waals surface area contributed by atoms with Crippen molar-refractivity contribution in [3.05, 3.63) is 72.3 Å². The summed E-state index contributed by atoms with van der Waals surface area (Å²) in [6.45, 7) is 2.73. The molecular weight excluding hydrogens is 476 g/mol. The van der Waals surface area contributed by atoms with E-state index >= 15 is 0 Å². The molecule has 1 aliphatic rings. The topological polar surface area (TPSA) is 102 Å². The summed E-state index contributed by atoms with van der Waals surface area (Å²) in [5, 5.41) is 14.0. The van der Waals surface area contributed by atoms with Gasteiger partial charge in [0.05, 0.1) is 18.1 Å². The Bertz CT molecular complexity index is 1480. The minimum atomic E-state index is -3.72. The summed E-state index contributed by atoms with van der Waals surface area (Å²) < 4.78 is 39.8. The molecule has 1 fully saturated rings. The van der Waals surface area contributed by atoms with Gasteiger partial charge in [-0.15, -0.1) is 10.2 Å². The van der Waals surface area contributed by atoms with E-state index in [0.717, 1.165) is 35.1 Å². The van der Waals surface area contributed by atoms with Crippen molar-refractivity contribution in [2.75, 3.05) is 25.6 Å². The maximum Gasteiger partial charge on any atom is 0.240 e. The molecule has 0 bridgehead atoms. The van der Waals surface area contributed by atoms with Gasteiger partial charge >= 0.3 is 0 Å². The van der Waals surface area contributed by atoms with Crippen LogP contribution >= 0.6 is 0 Å². The molecule has 0 aliphatic carbocycles. The van der Waals surface area contributed by atoms with Crippen LogP contribution < -0.4 is 14.8 Å². The Morgan fingerprint density at radius 3 is 2.53 bits per heavy atom. The van der Waals surface area contributed by atoms with E-state index in [2.05, 4.69) is 20.2 Å². The SMILES string of the molecule is COc1ccc(Nc2nnc(-c3ccc(C)c(S(=O)(=O)NCC4CCCO4)c3)c3ccccc23)cc1. The molecule has 4 aromatic rings. The number of anilines is 2. The zero-order valence-corrected chi connectivity index (χ0v) is 21.0. The standard InChI is InChI=1S/C27H28N4O4S/c1-18-9-10-19(16-25(18)36(32,33)28-17-22-6-5-15-35-22)26-23-7-3-4-8-24(23)27(31-30-26)29-20-11-13-21(34-2)14-12-20/h3-4,7-14,16,22,28H,5-6,15,17H2,1-2H3,(H,29,31). The van der Waals surface area contributed by atoms with E-state index in [1.807, 2.05) is 54.6 Å². The molecule has 3 aromatic carbocycles. The molecule has 1 unspecified atom stereocenters. The second-order valence-corrected chi connectivity index (χ2v) is 10.5. The number of hydrogen-bond acceptors (Lipinski definition) is 7. The zero-order valence-electron chi connectivity index (χ0n) is 20.2. The lowest BCUT2D eigenvalue weighted by molar-refractivity contribution is 0.114. The van der Waals surface area contributed by atoms with Crippen LogP contribution in [0.2, 0.25) is 0 Å². The number of aryl methyl sites for hydroxylation is 1. The van der Waals surface area contributed by atoms with Gasteiger partial charge in [0.2, 0.25) is 10.0 Å². The number of aromatic nitrogens is 2. The lowest BCUT2D eigenvalue weighted by atomic mass is 10.0. The van der Waals surface area contributed by atoms with Crippen molar-refractivity contribution >= 4 is 32.3 Å². The van der Waals surface area contributed by atoms with Gasteiger partial charge in [-0.25, -0.2) is 13.1 Å². The number of nitrogens with one attached hydrogen (secondary N) is 2. The molecule has 5 rings (SSSR count). The fourth-order valence-electron chi connectivity index (χ4n) is 4.34. The minimum Gasteiger partial charge on any atom is -0.497 e. The van der Waals surface area contributed by atoms with E-state index in [4.69, 9.17) is 9.47 Å². The maximum absolute atomic E-state index is 13.1. The van der Waals surface area contributed by atoms with Crippen molar-refractivity contribution in [1.82, 2.24) is 14.9 Å². The van der Waals surface area contributed by atoms with Gasteiger partial charge in [-0.05, 0) is 55.7 Å². The molecule has 1 aromatic heterocycles. The molecule has 2 N–H and O–H groups in total. The summed E-state index contributed by atoms with van der Waals surface area (Å²) in [4.78, 5) is 0.226. The summed E-state index contributed by atoms with van der Waals surface area (Å²) in [5.41, 5.74) is 2.80. The van der Waals surface area contributed by atoms with Crippen molar-refractivity contribution < 1.29 is 17.9 Å². The van der Waals surface area contributed by atoms with E-state index < -0.39 is 10.0 Å². The molecular formula is C27H28N4O4S. The highest BCUT2D eigenvalue weighted by Gasteiger charge is 2.23. The highest BCUT2D eigenvalue weighted by molar-refractivity contribution is 7.89. The van der Waals surface area contributed by atoms with Gasteiger partial charge < -0.3 is 14.8 Å². The Balaban J connectivity index is 1.48.